The Labute approximate surface area is 147 Å². The quantitative estimate of drug-likeness (QED) is 0.837. The average molecular weight is 341 g/mol. The third-order valence-corrected chi connectivity index (χ3v) is 4.95. The molecule has 5 nitrogen and oxygen atoms in total. The van der Waals surface area contributed by atoms with Gasteiger partial charge in [0, 0.05) is 32.4 Å². The van der Waals surface area contributed by atoms with Gasteiger partial charge >= 0.3 is 0 Å². The number of fused-ring (bicyclic) bond motifs is 1. The van der Waals surface area contributed by atoms with Gasteiger partial charge in [0.15, 0.2) is 0 Å². The second-order valence-corrected chi connectivity index (χ2v) is 6.86. The van der Waals surface area contributed by atoms with E-state index in [-0.39, 0.29) is 5.43 Å². The van der Waals surface area contributed by atoms with E-state index in [1.165, 1.54) is 17.4 Å². The number of hydrogen-bond acceptors (Lipinski definition) is 5. The van der Waals surface area contributed by atoms with Gasteiger partial charge in [-0.15, -0.1) is 0 Å². The molecule has 0 unspecified atom stereocenters. The Hall–Kier alpha value is -2.11. The molecule has 132 valence electrons. The van der Waals surface area contributed by atoms with Crippen LogP contribution in [-0.2, 0) is 24.4 Å². The van der Waals surface area contributed by atoms with Crippen molar-refractivity contribution in [1.29, 1.82) is 0 Å². The molecule has 5 heteroatoms. The number of benzene rings is 1. The van der Waals surface area contributed by atoms with Crippen molar-refractivity contribution in [3.63, 3.8) is 0 Å². The molecule has 2 aliphatic rings. The van der Waals surface area contributed by atoms with Gasteiger partial charge in [-0.1, -0.05) is 24.3 Å². The van der Waals surface area contributed by atoms with Crippen molar-refractivity contribution in [2.75, 3.05) is 19.8 Å². The van der Waals surface area contributed by atoms with E-state index in [1.54, 1.807) is 6.07 Å². The highest BCUT2D eigenvalue weighted by Gasteiger charge is 2.20. The second kappa shape index (κ2) is 7.42. The van der Waals surface area contributed by atoms with E-state index in [1.807, 2.05) is 0 Å². The molecule has 2 aromatic rings. The van der Waals surface area contributed by atoms with Crippen LogP contribution in [0.2, 0.25) is 0 Å². The molecule has 1 fully saturated rings. The highest BCUT2D eigenvalue weighted by atomic mass is 16.5. The van der Waals surface area contributed by atoms with Crippen molar-refractivity contribution in [3.8, 4) is 5.75 Å². The molecule has 0 bridgehead atoms. The van der Waals surface area contributed by atoms with E-state index < -0.39 is 0 Å². The molecule has 0 spiro atoms. The molecule has 0 aliphatic carbocycles. The molecule has 0 radical (unpaired) electrons. The van der Waals surface area contributed by atoms with Gasteiger partial charge in [0.2, 0.25) is 11.2 Å². The minimum absolute atomic E-state index is 0.106. The van der Waals surface area contributed by atoms with E-state index in [0.717, 1.165) is 39.1 Å². The van der Waals surface area contributed by atoms with Crippen molar-refractivity contribution in [2.24, 2.45) is 5.92 Å². The predicted octanol–water partition coefficient (Wildman–Crippen LogP) is 2.96. The van der Waals surface area contributed by atoms with Crippen LogP contribution < -0.4 is 10.2 Å². The van der Waals surface area contributed by atoms with Gasteiger partial charge in [0.25, 0.3) is 0 Å². The average Bonchev–Trinajstić information content (AvgIpc) is 3.04. The second-order valence-electron chi connectivity index (χ2n) is 6.86. The first-order valence-electron chi connectivity index (χ1n) is 8.89. The Morgan fingerprint density at radius 3 is 2.52 bits per heavy atom. The summed E-state index contributed by atoms with van der Waals surface area (Å²) in [4.78, 5) is 14.5. The Bertz CT molecular complexity index is 754. The first kappa shape index (κ1) is 16.4. The van der Waals surface area contributed by atoms with Gasteiger partial charge in [-0.25, -0.2) is 0 Å². The molecule has 4 rings (SSSR count). The van der Waals surface area contributed by atoms with Gasteiger partial charge in [0.05, 0.1) is 13.2 Å². The van der Waals surface area contributed by atoms with Crippen molar-refractivity contribution in [1.82, 2.24) is 4.90 Å². The molecule has 0 atom stereocenters. The zero-order valence-electron chi connectivity index (χ0n) is 14.3. The minimum Gasteiger partial charge on any atom is -0.486 e. The van der Waals surface area contributed by atoms with E-state index in [9.17, 15) is 4.79 Å². The Balaban J connectivity index is 1.35. The smallest absolute Gasteiger partial charge is 0.227 e. The van der Waals surface area contributed by atoms with Crippen LogP contribution in [0.15, 0.2) is 45.8 Å². The first-order valence-corrected chi connectivity index (χ1v) is 8.89. The summed E-state index contributed by atoms with van der Waals surface area (Å²) in [5.41, 5.74) is 2.59. The lowest BCUT2D eigenvalue weighted by atomic mass is 10.0. The van der Waals surface area contributed by atoms with Gasteiger partial charge in [-0.05, 0) is 29.9 Å². The molecule has 0 amide bonds. The standard InChI is InChI=1S/C20H23NO4/c22-19-9-18(12-21-10-16-3-1-2-4-17(16)11-21)24-14-20(19)25-13-15-5-7-23-8-6-15/h1-4,9,14-15H,5-8,10-13H2. The maximum Gasteiger partial charge on any atom is 0.227 e. The van der Waals surface area contributed by atoms with Crippen LogP contribution in [0.1, 0.15) is 29.7 Å². The molecule has 0 saturated carbocycles. The molecule has 25 heavy (non-hydrogen) atoms. The van der Waals surface area contributed by atoms with Crippen LogP contribution in [0.4, 0.5) is 0 Å². The summed E-state index contributed by atoms with van der Waals surface area (Å²) in [6.07, 6.45) is 3.43. The fourth-order valence-corrected chi connectivity index (χ4v) is 3.48. The summed E-state index contributed by atoms with van der Waals surface area (Å²) in [7, 11) is 0. The molecule has 0 N–H and O–H groups in total. The van der Waals surface area contributed by atoms with Gasteiger partial charge in [-0.2, -0.15) is 0 Å². The predicted molar refractivity (Wildman–Crippen MR) is 93.4 cm³/mol. The summed E-state index contributed by atoms with van der Waals surface area (Å²) in [5, 5.41) is 0. The third kappa shape index (κ3) is 3.94. The van der Waals surface area contributed by atoms with E-state index >= 15 is 0 Å². The van der Waals surface area contributed by atoms with Crippen LogP contribution in [0.3, 0.4) is 0 Å². The fourth-order valence-electron chi connectivity index (χ4n) is 3.48. The largest absolute Gasteiger partial charge is 0.486 e. The van der Waals surface area contributed by atoms with Crippen molar-refractivity contribution in [3.05, 3.63) is 63.7 Å². The monoisotopic (exact) mass is 341 g/mol. The van der Waals surface area contributed by atoms with Crippen molar-refractivity contribution >= 4 is 0 Å². The summed E-state index contributed by atoms with van der Waals surface area (Å²) >= 11 is 0. The number of ether oxygens (including phenoxy) is 2. The highest BCUT2D eigenvalue weighted by molar-refractivity contribution is 5.30. The molecular weight excluding hydrogens is 318 g/mol. The summed E-state index contributed by atoms with van der Waals surface area (Å²) in [5.74, 6) is 1.44. The Morgan fingerprint density at radius 1 is 1.12 bits per heavy atom. The van der Waals surface area contributed by atoms with E-state index in [2.05, 4.69) is 29.2 Å². The fraction of sp³-hybridized carbons (Fsp3) is 0.450. The summed E-state index contributed by atoms with van der Waals surface area (Å²) in [6, 6.07) is 9.99. The van der Waals surface area contributed by atoms with E-state index in [0.29, 0.717) is 30.6 Å². The van der Waals surface area contributed by atoms with Gasteiger partial charge in [0.1, 0.15) is 12.0 Å². The zero-order valence-corrected chi connectivity index (χ0v) is 14.3. The molecule has 1 aromatic carbocycles. The van der Waals surface area contributed by atoms with Crippen molar-refractivity contribution in [2.45, 2.75) is 32.5 Å². The molecular formula is C20H23NO4. The molecule has 2 aliphatic heterocycles. The minimum atomic E-state index is -0.106. The number of rotatable bonds is 5. The topological polar surface area (TPSA) is 51.9 Å². The molecule has 1 aromatic heterocycles. The summed E-state index contributed by atoms with van der Waals surface area (Å²) in [6.45, 7) is 4.52. The van der Waals surface area contributed by atoms with Gasteiger partial charge < -0.3 is 13.9 Å². The van der Waals surface area contributed by atoms with Crippen LogP contribution in [-0.4, -0.2) is 24.7 Å². The first-order chi connectivity index (χ1) is 12.3. The molecule has 3 heterocycles. The SMILES string of the molecule is O=c1cc(CN2Cc3ccccc3C2)occ1OCC1CCOCC1. The van der Waals surface area contributed by atoms with Crippen LogP contribution in [0.5, 0.6) is 5.75 Å². The van der Waals surface area contributed by atoms with Crippen molar-refractivity contribution < 1.29 is 13.9 Å². The van der Waals surface area contributed by atoms with Crippen LogP contribution in [0, 0.1) is 5.92 Å². The Kier molecular flexibility index (Phi) is 4.85. The summed E-state index contributed by atoms with van der Waals surface area (Å²) < 4.78 is 16.7. The third-order valence-electron chi connectivity index (χ3n) is 4.95. The number of hydrogen-bond donors (Lipinski definition) is 0. The van der Waals surface area contributed by atoms with E-state index in [4.69, 9.17) is 13.9 Å². The maximum atomic E-state index is 12.3. The lowest BCUT2D eigenvalue weighted by Gasteiger charge is -2.21. The zero-order chi connectivity index (χ0) is 17.1. The van der Waals surface area contributed by atoms with Crippen LogP contribution in [0.25, 0.3) is 0 Å². The maximum absolute atomic E-state index is 12.3. The highest BCUT2D eigenvalue weighted by Crippen LogP contribution is 2.24. The molecule has 1 saturated heterocycles. The lowest BCUT2D eigenvalue weighted by Crippen LogP contribution is -2.23. The Morgan fingerprint density at radius 2 is 1.84 bits per heavy atom. The van der Waals surface area contributed by atoms with Crippen LogP contribution >= 0.6 is 0 Å². The lowest BCUT2D eigenvalue weighted by molar-refractivity contribution is 0.0492. The van der Waals surface area contributed by atoms with Gasteiger partial charge in [-0.3, -0.25) is 9.69 Å². The normalized spacial score (nSPS) is 18.2. The number of nitrogens with zero attached hydrogens (tertiary/aromatic N) is 1.